The molecule has 0 spiro atoms. The Hall–Kier alpha value is -4.61. The van der Waals surface area contributed by atoms with Gasteiger partial charge in [-0.15, -0.1) is 0 Å². The first kappa shape index (κ1) is 49.4. The maximum atomic E-state index is 12.6. The Morgan fingerprint density at radius 3 is 2.03 bits per heavy atom. The minimum Gasteiger partial charge on any atom is -0.385 e. The second kappa shape index (κ2) is 20.1. The van der Waals surface area contributed by atoms with E-state index in [1.54, 1.807) is 25.3 Å². The number of ether oxygens (including phenoxy) is 2. The monoisotopic (exact) mass is 935 g/mol. The molecule has 2 unspecified atom stereocenters. The third-order valence-corrected chi connectivity index (χ3v) is 14.3. The van der Waals surface area contributed by atoms with Gasteiger partial charge in [0.05, 0.1) is 27.6 Å². The molecule has 5 rings (SSSR count). The van der Waals surface area contributed by atoms with Crippen LogP contribution in [0.15, 0.2) is 82.3 Å². The number of methoxy groups -OCH3 is 2. The molecule has 4 N–H and O–H groups in total. The fraction of sp³-hybridized carbons (Fsp3) is 0.476. The second-order valence-corrected chi connectivity index (χ2v) is 20.4. The quantitative estimate of drug-likeness (QED) is 0.0537. The van der Waals surface area contributed by atoms with Gasteiger partial charge < -0.3 is 19.7 Å². The number of carbonyl (C=O) groups excluding carboxylic acids is 3. The number of imide groups is 1. The van der Waals surface area contributed by atoms with E-state index in [9.17, 15) is 53.3 Å². The summed E-state index contributed by atoms with van der Waals surface area (Å²) in [4.78, 5) is 38.5. The van der Waals surface area contributed by atoms with Gasteiger partial charge in [0, 0.05) is 100.0 Å². The molecular formula is C42H55N4O14S3+. The van der Waals surface area contributed by atoms with Gasteiger partial charge in [-0.1, -0.05) is 6.08 Å². The van der Waals surface area contributed by atoms with Crippen molar-refractivity contribution in [2.45, 2.75) is 79.4 Å². The molecule has 0 aliphatic carbocycles. The van der Waals surface area contributed by atoms with Crippen molar-refractivity contribution in [1.82, 2.24) is 10.2 Å². The molecule has 0 bridgehead atoms. The van der Waals surface area contributed by atoms with Gasteiger partial charge in [-0.25, -0.2) is 0 Å². The molecule has 344 valence electrons. The van der Waals surface area contributed by atoms with Crippen molar-refractivity contribution in [2.75, 3.05) is 64.3 Å². The average Bonchev–Trinajstić information content (AvgIpc) is 3.74. The van der Waals surface area contributed by atoms with Crippen molar-refractivity contribution in [3.05, 3.63) is 83.6 Å². The number of rotatable bonds is 23. The zero-order valence-electron chi connectivity index (χ0n) is 35.6. The highest BCUT2D eigenvalue weighted by Gasteiger charge is 2.48. The van der Waals surface area contributed by atoms with Gasteiger partial charge in [0.15, 0.2) is 5.71 Å². The van der Waals surface area contributed by atoms with Crippen LogP contribution in [-0.4, -0.2) is 131 Å². The van der Waals surface area contributed by atoms with Crippen LogP contribution in [0.4, 0.5) is 11.4 Å². The van der Waals surface area contributed by atoms with E-state index in [1.165, 1.54) is 43.5 Å². The Morgan fingerprint density at radius 2 is 1.41 bits per heavy atom. The number of hydrogen-bond acceptors (Lipinski definition) is 12. The van der Waals surface area contributed by atoms with E-state index in [0.29, 0.717) is 67.0 Å². The van der Waals surface area contributed by atoms with E-state index in [4.69, 9.17) is 9.47 Å². The molecule has 3 amide bonds. The lowest BCUT2D eigenvalue weighted by atomic mass is 9.76. The molecule has 3 aliphatic heterocycles. The smallest absolute Gasteiger partial charge is 0.294 e. The van der Waals surface area contributed by atoms with Gasteiger partial charge in [0.1, 0.15) is 6.54 Å². The molecule has 2 aromatic carbocycles. The predicted octanol–water partition coefficient (Wildman–Crippen LogP) is 3.71. The summed E-state index contributed by atoms with van der Waals surface area (Å²) in [7, 11) is -10.5. The highest BCUT2D eigenvalue weighted by Crippen LogP contribution is 2.51. The maximum absolute atomic E-state index is 12.6. The number of hydrogen-bond donors (Lipinski definition) is 4. The molecule has 21 heteroatoms. The summed E-state index contributed by atoms with van der Waals surface area (Å²) in [5.74, 6) is -1.62. The number of amides is 3. The van der Waals surface area contributed by atoms with E-state index in [2.05, 4.69) is 9.89 Å². The standard InChI is InChI=1S/C42H54N4O14S3/c1-41(19-9-27-61(50,51)52)32-28-30(62(53,54)55)14-16-35(32)45(24-26-60-4)36(41)10-8-11-37-42(2,20-25-59-3)33-29-31(63(56,57)58)13-15-34(33)44(37)22-7-5-6-12-38(47)43-21-23-46-39(48)17-18-40(46)49/h8,10-11,13-18,28-29H,5-7,9,12,19-27H2,1-4H3,(H3-,43,47,50,51,52,53,54,55,56,57,58)/p+1. The maximum Gasteiger partial charge on any atom is 0.294 e. The number of fused-ring (bicyclic) bond motifs is 2. The molecular weight excluding hydrogens is 881 g/mol. The summed E-state index contributed by atoms with van der Waals surface area (Å²) in [6, 6.07) is 8.64. The highest BCUT2D eigenvalue weighted by atomic mass is 32.2. The number of unbranched alkanes of at least 4 members (excludes halogenated alkanes) is 2. The molecule has 63 heavy (non-hydrogen) atoms. The van der Waals surface area contributed by atoms with Gasteiger partial charge in [-0.2, -0.15) is 29.8 Å². The van der Waals surface area contributed by atoms with Crippen molar-refractivity contribution in [1.29, 1.82) is 0 Å². The third-order valence-electron chi connectivity index (χ3n) is 11.8. The van der Waals surface area contributed by atoms with Gasteiger partial charge in [-0.05, 0) is 87.9 Å². The minimum absolute atomic E-state index is 0.00962. The average molecular weight is 936 g/mol. The number of allylic oxidation sites excluding steroid dienone is 4. The normalized spacial score (nSPS) is 20.8. The fourth-order valence-corrected chi connectivity index (χ4v) is 10.0. The van der Waals surface area contributed by atoms with Crippen molar-refractivity contribution in [3.8, 4) is 0 Å². The van der Waals surface area contributed by atoms with Crippen molar-refractivity contribution in [2.24, 2.45) is 0 Å². The summed E-state index contributed by atoms with van der Waals surface area (Å²) in [5, 5.41) is 2.74. The molecule has 0 radical (unpaired) electrons. The molecule has 3 aliphatic rings. The van der Waals surface area contributed by atoms with Crippen LogP contribution in [0.2, 0.25) is 0 Å². The van der Waals surface area contributed by atoms with Gasteiger partial charge in [-0.3, -0.25) is 32.9 Å². The number of anilines is 1. The summed E-state index contributed by atoms with van der Waals surface area (Å²) in [6.45, 7) is 5.26. The first-order chi connectivity index (χ1) is 29.5. The topological polar surface area (TPSA) is 254 Å². The third kappa shape index (κ3) is 11.6. The molecule has 0 aromatic heterocycles. The van der Waals surface area contributed by atoms with Crippen LogP contribution in [0, 0.1) is 0 Å². The van der Waals surface area contributed by atoms with Crippen LogP contribution in [0.1, 0.15) is 69.9 Å². The van der Waals surface area contributed by atoms with Crippen LogP contribution >= 0.6 is 0 Å². The van der Waals surface area contributed by atoms with Crippen LogP contribution in [0.3, 0.4) is 0 Å². The van der Waals surface area contributed by atoms with E-state index >= 15 is 0 Å². The Kier molecular flexibility index (Phi) is 15.7. The highest BCUT2D eigenvalue weighted by molar-refractivity contribution is 7.86. The number of nitrogens with zero attached hydrogens (tertiary/aromatic N) is 3. The largest absolute Gasteiger partial charge is 0.385 e. The number of nitrogens with one attached hydrogen (secondary N) is 1. The second-order valence-electron chi connectivity index (χ2n) is 16.0. The van der Waals surface area contributed by atoms with Crippen molar-refractivity contribution >= 4 is 65.2 Å². The lowest BCUT2D eigenvalue weighted by molar-refractivity contribution is -0.438. The molecule has 0 saturated heterocycles. The lowest BCUT2D eigenvalue weighted by Crippen LogP contribution is -2.38. The Labute approximate surface area is 368 Å². The lowest BCUT2D eigenvalue weighted by Gasteiger charge is -2.30. The minimum atomic E-state index is -4.62. The molecule has 0 saturated carbocycles. The summed E-state index contributed by atoms with van der Waals surface area (Å²) >= 11 is 0. The molecule has 2 aromatic rings. The SMILES string of the molecule is COCCN1/C(=C/C=C/C2=[N+](CCCCCC(=O)NCCN3C(=O)C=CC3=O)c3ccc(S(=O)(=O)O)cc3C2(C)CCOC)C(C)(CCCS(=O)(=O)O)c2cc(S(=O)(=O)O)ccc21. The first-order valence-corrected chi connectivity index (χ1v) is 24.8. The fourth-order valence-electron chi connectivity index (χ4n) is 8.50. The van der Waals surface area contributed by atoms with E-state index in [-0.39, 0.29) is 61.3 Å². The Balaban J connectivity index is 1.50. The summed E-state index contributed by atoms with van der Waals surface area (Å²) in [6.07, 6.45) is 10.4. The van der Waals surface area contributed by atoms with Gasteiger partial charge >= 0.3 is 0 Å². The summed E-state index contributed by atoms with van der Waals surface area (Å²) in [5.41, 5.74) is 1.99. The molecule has 18 nitrogen and oxygen atoms in total. The van der Waals surface area contributed by atoms with Gasteiger partial charge in [0.25, 0.3) is 42.2 Å². The zero-order valence-corrected chi connectivity index (χ0v) is 38.1. The van der Waals surface area contributed by atoms with E-state index < -0.39 is 58.8 Å². The first-order valence-electron chi connectivity index (χ1n) is 20.3. The van der Waals surface area contributed by atoms with E-state index in [0.717, 1.165) is 10.6 Å². The molecule has 2 atom stereocenters. The Morgan fingerprint density at radius 1 is 0.778 bits per heavy atom. The van der Waals surface area contributed by atoms with Crippen LogP contribution in [-0.2, 0) is 65.0 Å². The van der Waals surface area contributed by atoms with E-state index in [1.807, 2.05) is 30.9 Å². The molecule has 0 fully saturated rings. The predicted molar refractivity (Wildman–Crippen MR) is 233 cm³/mol. The van der Waals surface area contributed by atoms with Crippen molar-refractivity contribution in [3.63, 3.8) is 0 Å². The Bertz CT molecular complexity index is 2550. The molecule has 3 heterocycles. The van der Waals surface area contributed by atoms with Gasteiger partial charge in [0.2, 0.25) is 11.6 Å². The van der Waals surface area contributed by atoms with Crippen LogP contribution < -0.4 is 10.2 Å². The van der Waals surface area contributed by atoms with Crippen LogP contribution in [0.25, 0.3) is 0 Å². The number of carbonyl (C=O) groups is 3. The zero-order chi connectivity index (χ0) is 46.4. The number of benzene rings is 2. The van der Waals surface area contributed by atoms with Crippen LogP contribution in [0.5, 0.6) is 0 Å². The van der Waals surface area contributed by atoms with Crippen molar-refractivity contribution < 1.29 is 67.3 Å². The summed E-state index contributed by atoms with van der Waals surface area (Å²) < 4.78 is 116.